The lowest BCUT2D eigenvalue weighted by atomic mass is 9.85. The van der Waals surface area contributed by atoms with E-state index in [9.17, 15) is 18.4 Å². The Morgan fingerprint density at radius 1 is 1.42 bits per heavy atom. The van der Waals surface area contributed by atoms with Crippen LogP contribution in [0.1, 0.15) is 39.0 Å². The molecule has 1 fully saturated rings. The molecule has 4 nitrogen and oxygen atoms in total. The van der Waals surface area contributed by atoms with Crippen LogP contribution < -0.4 is 0 Å². The molecule has 0 saturated heterocycles. The first-order valence-corrected chi connectivity index (χ1v) is 6.63. The molecule has 1 amide bonds. The second-order valence-electron chi connectivity index (χ2n) is 4.89. The maximum atomic E-state index is 13.3. The number of esters is 1. The molecule has 1 aliphatic carbocycles. The van der Waals surface area contributed by atoms with Crippen LogP contribution in [-0.4, -0.2) is 42.9 Å². The quantitative estimate of drug-likeness (QED) is 0.724. The fourth-order valence-corrected chi connectivity index (χ4v) is 2.39. The summed E-state index contributed by atoms with van der Waals surface area (Å²) in [6.45, 7) is 2.41. The Balaban J connectivity index is 2.55. The van der Waals surface area contributed by atoms with E-state index in [2.05, 4.69) is 4.74 Å². The highest BCUT2D eigenvalue weighted by atomic mass is 19.3. The fourth-order valence-electron chi connectivity index (χ4n) is 2.39. The molecule has 0 aliphatic heterocycles. The number of halogens is 2. The third-order valence-electron chi connectivity index (χ3n) is 3.50. The monoisotopic (exact) mass is 277 g/mol. The van der Waals surface area contributed by atoms with Crippen LogP contribution in [0.3, 0.4) is 0 Å². The van der Waals surface area contributed by atoms with Crippen molar-refractivity contribution in [2.45, 2.75) is 45.0 Å². The highest BCUT2D eigenvalue weighted by molar-refractivity contribution is 5.79. The molecular formula is C13H21F2NO3. The predicted octanol–water partition coefficient (Wildman–Crippen LogP) is 2.22. The summed E-state index contributed by atoms with van der Waals surface area (Å²) in [6, 6.07) is 0. The van der Waals surface area contributed by atoms with E-state index >= 15 is 0 Å². The van der Waals surface area contributed by atoms with Crippen molar-refractivity contribution in [1.82, 2.24) is 4.90 Å². The van der Waals surface area contributed by atoms with Crippen LogP contribution in [0.4, 0.5) is 8.78 Å². The van der Waals surface area contributed by atoms with E-state index in [1.54, 1.807) is 6.92 Å². The molecule has 0 N–H and O–H groups in total. The van der Waals surface area contributed by atoms with Crippen LogP contribution >= 0.6 is 0 Å². The van der Waals surface area contributed by atoms with Gasteiger partial charge >= 0.3 is 5.97 Å². The second-order valence-corrected chi connectivity index (χ2v) is 4.89. The number of amides is 1. The molecule has 19 heavy (non-hydrogen) atoms. The molecule has 0 heterocycles. The summed E-state index contributed by atoms with van der Waals surface area (Å²) in [5.41, 5.74) is 0. The lowest BCUT2D eigenvalue weighted by molar-refractivity contribution is -0.145. The maximum Gasteiger partial charge on any atom is 0.307 e. The van der Waals surface area contributed by atoms with Crippen molar-refractivity contribution < 1.29 is 23.1 Å². The third-order valence-corrected chi connectivity index (χ3v) is 3.50. The topological polar surface area (TPSA) is 46.6 Å². The molecule has 1 aliphatic rings. The van der Waals surface area contributed by atoms with Crippen LogP contribution in [0, 0.1) is 5.92 Å². The van der Waals surface area contributed by atoms with Gasteiger partial charge in [-0.15, -0.1) is 0 Å². The molecule has 0 bridgehead atoms. The smallest absolute Gasteiger partial charge is 0.307 e. The van der Waals surface area contributed by atoms with E-state index < -0.39 is 17.8 Å². The van der Waals surface area contributed by atoms with Gasteiger partial charge < -0.3 is 9.64 Å². The zero-order valence-corrected chi connectivity index (χ0v) is 11.5. The first-order chi connectivity index (χ1) is 8.89. The normalized spacial score (nSPS) is 21.8. The minimum Gasteiger partial charge on any atom is -0.469 e. The minimum atomic E-state index is -2.74. The zero-order valence-electron chi connectivity index (χ0n) is 11.5. The average molecular weight is 277 g/mol. The summed E-state index contributed by atoms with van der Waals surface area (Å²) in [5, 5.41) is 0. The van der Waals surface area contributed by atoms with Gasteiger partial charge in [0.05, 0.1) is 13.5 Å². The van der Waals surface area contributed by atoms with Crippen LogP contribution in [0.5, 0.6) is 0 Å². The van der Waals surface area contributed by atoms with E-state index in [4.69, 9.17) is 0 Å². The van der Waals surface area contributed by atoms with Crippen LogP contribution in [0.25, 0.3) is 0 Å². The number of nitrogens with zero attached hydrogens (tertiary/aromatic N) is 1. The van der Waals surface area contributed by atoms with Gasteiger partial charge in [0.2, 0.25) is 11.8 Å². The molecule has 0 aromatic rings. The van der Waals surface area contributed by atoms with Gasteiger partial charge in [0.25, 0.3) is 0 Å². The van der Waals surface area contributed by atoms with Crippen molar-refractivity contribution in [2.24, 2.45) is 5.92 Å². The summed E-state index contributed by atoms with van der Waals surface area (Å²) in [6.07, 6.45) is 0.464. The van der Waals surface area contributed by atoms with Crippen molar-refractivity contribution in [2.75, 3.05) is 20.2 Å². The van der Waals surface area contributed by atoms with Gasteiger partial charge in [0.15, 0.2) is 0 Å². The molecule has 0 radical (unpaired) electrons. The van der Waals surface area contributed by atoms with Gasteiger partial charge in [0, 0.05) is 31.8 Å². The molecule has 0 spiro atoms. The van der Waals surface area contributed by atoms with E-state index in [0.717, 1.165) is 0 Å². The molecule has 1 saturated carbocycles. The van der Waals surface area contributed by atoms with E-state index in [0.29, 0.717) is 19.4 Å². The predicted molar refractivity (Wildman–Crippen MR) is 65.8 cm³/mol. The lowest BCUT2D eigenvalue weighted by Crippen LogP contribution is -2.41. The minimum absolute atomic E-state index is 0.0964. The number of hydrogen-bond donors (Lipinski definition) is 0. The maximum absolute atomic E-state index is 13.3. The summed E-state index contributed by atoms with van der Waals surface area (Å²) < 4.78 is 31.1. The van der Waals surface area contributed by atoms with Gasteiger partial charge in [-0.2, -0.15) is 0 Å². The Morgan fingerprint density at radius 2 is 2.11 bits per heavy atom. The number of carbonyl (C=O) groups is 2. The molecule has 0 aromatic carbocycles. The number of rotatable bonds is 5. The molecular weight excluding hydrogens is 256 g/mol. The molecule has 6 heteroatoms. The van der Waals surface area contributed by atoms with Crippen molar-refractivity contribution >= 4 is 11.9 Å². The number of ether oxygens (including phenoxy) is 1. The van der Waals surface area contributed by atoms with Crippen molar-refractivity contribution in [3.8, 4) is 0 Å². The largest absolute Gasteiger partial charge is 0.469 e. The van der Waals surface area contributed by atoms with Gasteiger partial charge in [-0.25, -0.2) is 8.78 Å². The highest BCUT2D eigenvalue weighted by Gasteiger charge is 2.40. The standard InChI is InChI=1S/C13H21F2NO3/c1-3-16(8-6-11(17)19-2)12(18)10-5-4-7-13(14,15)9-10/h10H,3-9H2,1-2H3. The Morgan fingerprint density at radius 3 is 2.63 bits per heavy atom. The first-order valence-electron chi connectivity index (χ1n) is 6.63. The highest BCUT2D eigenvalue weighted by Crippen LogP contribution is 2.37. The van der Waals surface area contributed by atoms with Crippen LogP contribution in [-0.2, 0) is 14.3 Å². The number of carbonyl (C=O) groups excluding carboxylic acids is 2. The summed E-state index contributed by atoms with van der Waals surface area (Å²) in [5.74, 6) is -4.03. The van der Waals surface area contributed by atoms with Crippen LogP contribution in [0.2, 0.25) is 0 Å². The van der Waals surface area contributed by atoms with Gasteiger partial charge in [0.1, 0.15) is 0 Å². The van der Waals surface area contributed by atoms with Gasteiger partial charge in [-0.3, -0.25) is 9.59 Å². The van der Waals surface area contributed by atoms with Crippen molar-refractivity contribution in [1.29, 1.82) is 0 Å². The molecule has 1 rings (SSSR count). The van der Waals surface area contributed by atoms with Crippen molar-refractivity contribution in [3.05, 3.63) is 0 Å². The summed E-state index contributed by atoms with van der Waals surface area (Å²) in [7, 11) is 1.28. The Bertz CT molecular complexity index is 334. The third kappa shape index (κ3) is 4.76. The van der Waals surface area contributed by atoms with Gasteiger partial charge in [-0.1, -0.05) is 0 Å². The second kappa shape index (κ2) is 6.82. The first kappa shape index (κ1) is 15.9. The van der Waals surface area contributed by atoms with Crippen molar-refractivity contribution in [3.63, 3.8) is 0 Å². The molecule has 1 unspecified atom stereocenters. The SMILES string of the molecule is CCN(CCC(=O)OC)C(=O)C1CCCC(F)(F)C1. The number of methoxy groups -OCH3 is 1. The Labute approximate surface area is 112 Å². The molecule has 0 aromatic heterocycles. The Hall–Kier alpha value is -1.20. The van der Waals surface area contributed by atoms with E-state index in [1.807, 2.05) is 0 Å². The molecule has 110 valence electrons. The zero-order chi connectivity index (χ0) is 14.5. The van der Waals surface area contributed by atoms with E-state index in [-0.39, 0.29) is 31.7 Å². The van der Waals surface area contributed by atoms with Crippen LogP contribution in [0.15, 0.2) is 0 Å². The van der Waals surface area contributed by atoms with E-state index in [1.165, 1.54) is 12.0 Å². The Kier molecular flexibility index (Phi) is 5.69. The summed E-state index contributed by atoms with van der Waals surface area (Å²) >= 11 is 0. The lowest BCUT2D eigenvalue weighted by Gasteiger charge is -2.32. The summed E-state index contributed by atoms with van der Waals surface area (Å²) in [4.78, 5) is 24.7. The number of hydrogen-bond acceptors (Lipinski definition) is 3. The fraction of sp³-hybridized carbons (Fsp3) is 0.846. The number of alkyl halides is 2. The average Bonchev–Trinajstić information content (AvgIpc) is 2.37. The van der Waals surface area contributed by atoms with Gasteiger partial charge in [-0.05, 0) is 19.8 Å². The molecule has 1 atom stereocenters.